The van der Waals surface area contributed by atoms with Gasteiger partial charge in [0.15, 0.2) is 0 Å². The Morgan fingerprint density at radius 2 is 1.72 bits per heavy atom. The molecule has 0 aliphatic carbocycles. The zero-order valence-electron chi connectivity index (χ0n) is 17.9. The van der Waals surface area contributed by atoms with Crippen molar-refractivity contribution in [2.75, 3.05) is 12.3 Å². The van der Waals surface area contributed by atoms with E-state index < -0.39 is 48.4 Å². The highest BCUT2D eigenvalue weighted by atomic mass is 32.1. The topological polar surface area (TPSA) is 166 Å². The number of aromatic nitrogens is 1. The maximum Gasteiger partial charge on any atom is 0.322 e. The van der Waals surface area contributed by atoms with E-state index in [1.807, 2.05) is 24.3 Å². The predicted molar refractivity (Wildman–Crippen MR) is 123 cm³/mol. The first-order chi connectivity index (χ1) is 15.1. The average Bonchev–Trinajstić information content (AvgIpc) is 3.17. The lowest BCUT2D eigenvalue weighted by molar-refractivity contribution is -0.138. The molecule has 7 N–H and O–H groups in total. The van der Waals surface area contributed by atoms with Gasteiger partial charge in [-0.1, -0.05) is 32.0 Å². The number of carboxylic acids is 1. The smallest absolute Gasteiger partial charge is 0.322 e. The van der Waals surface area contributed by atoms with Gasteiger partial charge in [0.1, 0.15) is 18.6 Å². The van der Waals surface area contributed by atoms with Gasteiger partial charge in [-0.2, -0.15) is 12.6 Å². The van der Waals surface area contributed by atoms with Crippen LogP contribution in [-0.2, 0) is 25.6 Å². The van der Waals surface area contributed by atoms with Crippen LogP contribution in [0.1, 0.15) is 19.4 Å². The molecule has 1 aromatic carbocycles. The second-order valence-electron chi connectivity index (χ2n) is 7.75. The van der Waals surface area contributed by atoms with Gasteiger partial charge in [0.25, 0.3) is 0 Å². The average molecular weight is 464 g/mol. The predicted octanol–water partition coefficient (Wildman–Crippen LogP) is -0.206. The van der Waals surface area contributed by atoms with E-state index in [0.717, 1.165) is 16.5 Å². The number of hydrogen-bond donors (Lipinski definition) is 7. The van der Waals surface area contributed by atoms with Crippen molar-refractivity contribution in [2.45, 2.75) is 38.4 Å². The summed E-state index contributed by atoms with van der Waals surface area (Å²) in [5.74, 6) is -3.14. The molecule has 3 unspecified atom stereocenters. The number of amides is 3. The fourth-order valence-corrected chi connectivity index (χ4v) is 3.31. The van der Waals surface area contributed by atoms with Gasteiger partial charge in [-0.3, -0.25) is 19.2 Å². The molecule has 32 heavy (non-hydrogen) atoms. The number of nitrogens with one attached hydrogen (secondary N) is 4. The number of aromatic amines is 1. The first kappa shape index (κ1) is 25.2. The van der Waals surface area contributed by atoms with Crippen LogP contribution >= 0.6 is 12.6 Å². The molecule has 174 valence electrons. The Balaban J connectivity index is 2.18. The van der Waals surface area contributed by atoms with Crippen molar-refractivity contribution in [3.8, 4) is 0 Å². The molecule has 0 bridgehead atoms. The lowest BCUT2D eigenvalue weighted by Gasteiger charge is -2.24. The lowest BCUT2D eigenvalue weighted by atomic mass is 10.0. The molecule has 0 radical (unpaired) electrons. The second kappa shape index (κ2) is 11.5. The van der Waals surface area contributed by atoms with Crippen molar-refractivity contribution >= 4 is 47.2 Å². The summed E-state index contributed by atoms with van der Waals surface area (Å²) in [7, 11) is 0. The molecule has 0 aliphatic heterocycles. The first-order valence-corrected chi connectivity index (χ1v) is 10.8. The third-order valence-corrected chi connectivity index (χ3v) is 5.35. The van der Waals surface area contributed by atoms with Crippen molar-refractivity contribution in [3.63, 3.8) is 0 Å². The molecule has 0 aliphatic rings. The first-order valence-electron chi connectivity index (χ1n) is 10.2. The number of benzene rings is 1. The second-order valence-corrected chi connectivity index (χ2v) is 8.12. The molecule has 0 fully saturated rings. The van der Waals surface area contributed by atoms with E-state index >= 15 is 0 Å². The van der Waals surface area contributed by atoms with Crippen LogP contribution in [0.5, 0.6) is 0 Å². The minimum Gasteiger partial charge on any atom is -0.480 e. The van der Waals surface area contributed by atoms with Crippen LogP contribution in [0.25, 0.3) is 10.9 Å². The number of thiol groups is 1. The number of rotatable bonds is 11. The van der Waals surface area contributed by atoms with Crippen LogP contribution in [0.4, 0.5) is 0 Å². The SMILES string of the molecule is CC(C)C(N)C(=O)NC(CS)C(=O)NC(Cc1c[nH]c2ccccc12)C(=O)NCC(=O)O. The number of para-hydroxylation sites is 1. The summed E-state index contributed by atoms with van der Waals surface area (Å²) in [5, 5.41) is 17.2. The number of carboxylic acid groups (broad SMARTS) is 1. The number of H-pyrrole nitrogens is 1. The van der Waals surface area contributed by atoms with E-state index in [0.29, 0.717) is 0 Å². The summed E-state index contributed by atoms with van der Waals surface area (Å²) in [6.07, 6.45) is 1.84. The minimum absolute atomic E-state index is 0.0149. The van der Waals surface area contributed by atoms with Crippen LogP contribution in [0, 0.1) is 5.92 Å². The number of nitrogens with two attached hydrogens (primary N) is 1. The summed E-state index contributed by atoms with van der Waals surface area (Å²) in [6, 6.07) is 4.57. The molecule has 0 saturated heterocycles. The van der Waals surface area contributed by atoms with Gasteiger partial charge < -0.3 is 31.8 Å². The number of aliphatic carboxylic acids is 1. The van der Waals surface area contributed by atoms with Crippen molar-refractivity contribution in [2.24, 2.45) is 11.7 Å². The molecule has 0 saturated carbocycles. The Kier molecular flexibility index (Phi) is 9.09. The van der Waals surface area contributed by atoms with Gasteiger partial charge in [-0.25, -0.2) is 0 Å². The Morgan fingerprint density at radius 3 is 2.34 bits per heavy atom. The maximum absolute atomic E-state index is 12.8. The number of carbonyl (C=O) groups excluding carboxylic acids is 3. The van der Waals surface area contributed by atoms with Crippen molar-refractivity contribution < 1.29 is 24.3 Å². The van der Waals surface area contributed by atoms with Crippen LogP contribution in [0.15, 0.2) is 30.5 Å². The van der Waals surface area contributed by atoms with Crippen molar-refractivity contribution in [1.82, 2.24) is 20.9 Å². The fraction of sp³-hybridized carbons (Fsp3) is 0.429. The van der Waals surface area contributed by atoms with E-state index in [4.69, 9.17) is 10.8 Å². The maximum atomic E-state index is 12.8. The highest BCUT2D eigenvalue weighted by molar-refractivity contribution is 7.80. The third-order valence-electron chi connectivity index (χ3n) is 4.98. The van der Waals surface area contributed by atoms with Gasteiger partial charge in [-0.05, 0) is 17.5 Å². The van der Waals surface area contributed by atoms with Gasteiger partial charge in [0.05, 0.1) is 6.04 Å². The highest BCUT2D eigenvalue weighted by Crippen LogP contribution is 2.19. The van der Waals surface area contributed by atoms with E-state index in [1.165, 1.54) is 0 Å². The van der Waals surface area contributed by atoms with Crippen LogP contribution in [0.2, 0.25) is 0 Å². The minimum atomic E-state index is -1.21. The Bertz CT molecular complexity index is 976. The van der Waals surface area contributed by atoms with Crippen molar-refractivity contribution in [1.29, 1.82) is 0 Å². The van der Waals surface area contributed by atoms with E-state index in [1.54, 1.807) is 20.0 Å². The summed E-state index contributed by atoms with van der Waals surface area (Å²) in [6.45, 7) is 2.98. The molecular weight excluding hydrogens is 434 g/mol. The Hall–Kier alpha value is -3.05. The molecule has 2 rings (SSSR count). The Morgan fingerprint density at radius 1 is 1.06 bits per heavy atom. The zero-order chi connectivity index (χ0) is 23.8. The number of fused-ring (bicyclic) bond motifs is 1. The molecule has 11 heteroatoms. The molecule has 1 aromatic heterocycles. The lowest BCUT2D eigenvalue weighted by Crippen LogP contribution is -2.57. The summed E-state index contributed by atoms with van der Waals surface area (Å²) in [5.41, 5.74) is 7.46. The van der Waals surface area contributed by atoms with Crippen LogP contribution in [0.3, 0.4) is 0 Å². The third kappa shape index (κ3) is 6.72. The molecule has 1 heterocycles. The standard InChI is InChI=1S/C21H29N5O5S/c1-11(2)18(22)21(31)26-16(10-32)20(30)25-15(19(29)24-9-17(27)28)7-12-8-23-14-6-4-3-5-13(12)14/h3-6,8,11,15-16,18,23,32H,7,9-10,22H2,1-2H3,(H,24,29)(H,25,30)(H,26,31)(H,27,28). The van der Waals surface area contributed by atoms with Gasteiger partial charge in [-0.15, -0.1) is 0 Å². The zero-order valence-corrected chi connectivity index (χ0v) is 18.8. The molecule has 3 amide bonds. The quantitative estimate of drug-likeness (QED) is 0.228. The van der Waals surface area contributed by atoms with Gasteiger partial charge in [0.2, 0.25) is 17.7 Å². The monoisotopic (exact) mass is 463 g/mol. The molecule has 10 nitrogen and oxygen atoms in total. The summed E-state index contributed by atoms with van der Waals surface area (Å²) in [4.78, 5) is 51.7. The van der Waals surface area contributed by atoms with Gasteiger partial charge >= 0.3 is 5.97 Å². The Labute approximate surface area is 191 Å². The highest BCUT2D eigenvalue weighted by Gasteiger charge is 2.29. The molecular formula is C21H29N5O5S. The van der Waals surface area contributed by atoms with Crippen LogP contribution in [-0.4, -0.2) is 64.2 Å². The summed E-state index contributed by atoms with van der Waals surface area (Å²) >= 11 is 4.13. The normalized spacial score (nSPS) is 13.9. The van der Waals surface area contributed by atoms with E-state index in [-0.39, 0.29) is 18.1 Å². The molecule has 0 spiro atoms. The van der Waals surface area contributed by atoms with Crippen LogP contribution < -0.4 is 21.7 Å². The van der Waals surface area contributed by atoms with Gasteiger partial charge in [0, 0.05) is 29.3 Å². The number of hydrogen-bond acceptors (Lipinski definition) is 6. The largest absolute Gasteiger partial charge is 0.480 e. The van der Waals surface area contributed by atoms with E-state index in [2.05, 4.69) is 33.6 Å². The number of carbonyl (C=O) groups is 4. The molecule has 3 atom stereocenters. The van der Waals surface area contributed by atoms with Crippen molar-refractivity contribution in [3.05, 3.63) is 36.0 Å². The molecule has 2 aromatic rings. The van der Waals surface area contributed by atoms with E-state index in [9.17, 15) is 19.2 Å². The summed E-state index contributed by atoms with van der Waals surface area (Å²) < 4.78 is 0. The fourth-order valence-electron chi connectivity index (χ4n) is 3.05.